The highest BCUT2D eigenvalue weighted by atomic mass is 35.5. The van der Waals surface area contributed by atoms with Crippen LogP contribution in [0.5, 0.6) is 0 Å². The van der Waals surface area contributed by atoms with Crippen molar-refractivity contribution in [3.05, 3.63) is 79.8 Å². The lowest BCUT2D eigenvalue weighted by molar-refractivity contribution is -0.141. The molecule has 2 aromatic rings. The van der Waals surface area contributed by atoms with Crippen molar-refractivity contribution in [3.63, 3.8) is 0 Å². The summed E-state index contributed by atoms with van der Waals surface area (Å²) in [5.41, 5.74) is 1.44. The second-order valence-electron chi connectivity index (χ2n) is 5.50. The van der Waals surface area contributed by atoms with Crippen molar-refractivity contribution >= 4 is 58.3 Å². The van der Waals surface area contributed by atoms with Crippen LogP contribution in [0.3, 0.4) is 0 Å². The van der Waals surface area contributed by atoms with Gasteiger partial charge in [0.05, 0.1) is 32.9 Å². The molecule has 0 atom stereocenters. The van der Waals surface area contributed by atoms with Crippen LogP contribution in [0, 0.1) is 0 Å². The zero-order chi connectivity index (χ0) is 21.1. The summed E-state index contributed by atoms with van der Waals surface area (Å²) in [5.74, 6) is -1.16. The third-order valence-electron chi connectivity index (χ3n) is 3.25. The van der Waals surface area contributed by atoms with Gasteiger partial charge in [-0.2, -0.15) is 0 Å². The number of esters is 1. The number of aliphatic carboxylic acids is 1. The average molecular weight is 464 g/mol. The van der Waals surface area contributed by atoms with E-state index in [0.29, 0.717) is 32.3 Å². The molecule has 150 valence electrons. The first-order chi connectivity index (χ1) is 13.2. The molecule has 0 aliphatic carbocycles. The molecule has 0 saturated heterocycles. The van der Waals surface area contributed by atoms with Gasteiger partial charge >= 0.3 is 11.9 Å². The number of carbonyl (C=O) groups excluding carboxylic acids is 1. The number of hydrogen-bond acceptors (Lipinski definition) is 3. The number of carboxylic acids is 1. The first-order valence-corrected chi connectivity index (χ1v) is 9.60. The number of halogens is 4. The van der Waals surface area contributed by atoms with E-state index in [-0.39, 0.29) is 18.8 Å². The van der Waals surface area contributed by atoms with Crippen molar-refractivity contribution < 1.29 is 19.4 Å². The van der Waals surface area contributed by atoms with Crippen molar-refractivity contribution in [1.29, 1.82) is 0 Å². The van der Waals surface area contributed by atoms with Crippen LogP contribution >= 0.6 is 46.4 Å². The third kappa shape index (κ3) is 9.47. The summed E-state index contributed by atoms with van der Waals surface area (Å²) in [5, 5.41) is 10.2. The smallest absolute Gasteiger partial charge is 0.310 e. The predicted molar refractivity (Wildman–Crippen MR) is 114 cm³/mol. The van der Waals surface area contributed by atoms with Gasteiger partial charge in [-0.1, -0.05) is 70.7 Å². The Balaban J connectivity index is 0.000000292. The Labute approximate surface area is 183 Å². The van der Waals surface area contributed by atoms with Gasteiger partial charge in [-0.3, -0.25) is 9.59 Å². The van der Waals surface area contributed by atoms with E-state index in [1.807, 2.05) is 13.0 Å². The van der Waals surface area contributed by atoms with Crippen LogP contribution in [-0.4, -0.2) is 23.7 Å². The number of carboxylic acid groups (broad SMARTS) is 1. The second-order valence-corrected chi connectivity index (χ2v) is 7.13. The van der Waals surface area contributed by atoms with Crippen molar-refractivity contribution in [2.75, 3.05) is 6.61 Å². The Kier molecular flexibility index (Phi) is 11.0. The molecule has 4 nitrogen and oxygen atoms in total. The summed E-state index contributed by atoms with van der Waals surface area (Å²) < 4.78 is 4.95. The fourth-order valence-electron chi connectivity index (χ4n) is 1.93. The molecule has 28 heavy (non-hydrogen) atoms. The summed E-state index contributed by atoms with van der Waals surface area (Å²) in [6, 6.07) is 9.87. The van der Waals surface area contributed by atoms with Gasteiger partial charge in [0.15, 0.2) is 0 Å². The van der Waals surface area contributed by atoms with Gasteiger partial charge in [-0.25, -0.2) is 0 Å². The molecular formula is C20H18Cl4O4. The summed E-state index contributed by atoms with van der Waals surface area (Å²) in [4.78, 5) is 21.6. The van der Waals surface area contributed by atoms with Gasteiger partial charge in [-0.15, -0.1) is 0 Å². The quantitative estimate of drug-likeness (QED) is 0.404. The van der Waals surface area contributed by atoms with Crippen LogP contribution in [0.2, 0.25) is 20.1 Å². The van der Waals surface area contributed by atoms with Gasteiger partial charge in [0.1, 0.15) is 6.61 Å². The predicted octanol–water partition coefficient (Wildman–Crippen LogP) is 6.28. The molecule has 0 spiro atoms. The molecule has 0 amide bonds. The molecule has 0 fully saturated rings. The van der Waals surface area contributed by atoms with Gasteiger partial charge in [0.25, 0.3) is 0 Å². The van der Waals surface area contributed by atoms with E-state index >= 15 is 0 Å². The van der Waals surface area contributed by atoms with Crippen LogP contribution in [0.25, 0.3) is 0 Å². The van der Waals surface area contributed by atoms with E-state index in [1.165, 1.54) is 0 Å². The SMILES string of the molecule is C/C=C/COC(=O)Cc1ccc(Cl)c(Cl)c1.O=C(O)Cc1ccc(Cl)c(Cl)c1. The highest BCUT2D eigenvalue weighted by Gasteiger charge is 2.06. The number of carbonyl (C=O) groups is 2. The van der Waals surface area contributed by atoms with E-state index in [0.717, 1.165) is 5.56 Å². The van der Waals surface area contributed by atoms with E-state index in [1.54, 1.807) is 42.5 Å². The van der Waals surface area contributed by atoms with Crippen LogP contribution < -0.4 is 0 Å². The summed E-state index contributed by atoms with van der Waals surface area (Å²) in [6.07, 6.45) is 3.77. The maximum atomic E-state index is 11.4. The molecule has 0 heterocycles. The van der Waals surface area contributed by atoms with Crippen molar-refractivity contribution in [2.45, 2.75) is 19.8 Å². The lowest BCUT2D eigenvalue weighted by Crippen LogP contribution is -2.07. The van der Waals surface area contributed by atoms with Gasteiger partial charge < -0.3 is 9.84 Å². The minimum absolute atomic E-state index is 0.0309. The van der Waals surface area contributed by atoms with Crippen LogP contribution in [0.1, 0.15) is 18.1 Å². The number of allylic oxidation sites excluding steroid dienone is 1. The molecular weight excluding hydrogens is 446 g/mol. The highest BCUT2D eigenvalue weighted by Crippen LogP contribution is 2.23. The lowest BCUT2D eigenvalue weighted by atomic mass is 10.1. The fraction of sp³-hybridized carbons (Fsp3) is 0.200. The molecule has 1 N–H and O–H groups in total. The maximum absolute atomic E-state index is 11.4. The topological polar surface area (TPSA) is 63.6 Å². The number of rotatable bonds is 6. The average Bonchev–Trinajstić information content (AvgIpc) is 2.62. The molecule has 0 saturated carbocycles. The van der Waals surface area contributed by atoms with Crippen LogP contribution in [0.15, 0.2) is 48.6 Å². The van der Waals surface area contributed by atoms with E-state index < -0.39 is 5.97 Å². The molecule has 8 heteroatoms. The number of hydrogen-bond donors (Lipinski definition) is 1. The largest absolute Gasteiger partial charge is 0.481 e. The minimum Gasteiger partial charge on any atom is -0.481 e. The number of ether oxygens (including phenoxy) is 1. The second kappa shape index (κ2) is 12.7. The van der Waals surface area contributed by atoms with E-state index in [9.17, 15) is 9.59 Å². The first-order valence-electron chi connectivity index (χ1n) is 8.09. The molecule has 2 rings (SSSR count). The molecule has 0 radical (unpaired) electrons. The lowest BCUT2D eigenvalue weighted by Gasteiger charge is -2.03. The first kappa shape index (κ1) is 24.3. The zero-order valence-electron chi connectivity index (χ0n) is 14.9. The van der Waals surface area contributed by atoms with E-state index in [2.05, 4.69) is 0 Å². The summed E-state index contributed by atoms with van der Waals surface area (Å²) in [6.45, 7) is 2.17. The summed E-state index contributed by atoms with van der Waals surface area (Å²) in [7, 11) is 0. The molecule has 0 aromatic heterocycles. The number of benzene rings is 2. The van der Waals surface area contributed by atoms with Gasteiger partial charge in [0.2, 0.25) is 0 Å². The standard InChI is InChI=1S/C12H12Cl2O2.C8H6Cl2O2/c1-2-3-6-16-12(15)8-9-4-5-10(13)11(14)7-9;9-6-2-1-5(3-7(6)10)4-8(11)12/h2-5,7H,6,8H2,1H3;1-3H,4H2,(H,11,12)/b3-2+;. The van der Waals surface area contributed by atoms with E-state index in [4.69, 9.17) is 56.2 Å². The monoisotopic (exact) mass is 462 g/mol. The Bertz CT molecular complexity index is 850. The molecule has 0 bridgehead atoms. The maximum Gasteiger partial charge on any atom is 0.310 e. The van der Waals surface area contributed by atoms with Crippen molar-refractivity contribution in [2.24, 2.45) is 0 Å². The normalized spacial score (nSPS) is 10.3. The van der Waals surface area contributed by atoms with Gasteiger partial charge in [0, 0.05) is 0 Å². The van der Waals surface area contributed by atoms with Crippen molar-refractivity contribution in [1.82, 2.24) is 0 Å². The Morgan fingerprint density at radius 2 is 1.39 bits per heavy atom. The van der Waals surface area contributed by atoms with Gasteiger partial charge in [-0.05, 0) is 42.3 Å². The Morgan fingerprint density at radius 1 is 0.893 bits per heavy atom. The zero-order valence-corrected chi connectivity index (χ0v) is 17.9. The minimum atomic E-state index is -0.881. The Hall–Kier alpha value is -1.72. The molecule has 0 aliphatic heterocycles. The molecule has 2 aromatic carbocycles. The summed E-state index contributed by atoms with van der Waals surface area (Å²) >= 11 is 22.9. The highest BCUT2D eigenvalue weighted by molar-refractivity contribution is 6.42. The molecule has 0 unspecified atom stereocenters. The van der Waals surface area contributed by atoms with Crippen LogP contribution in [0.4, 0.5) is 0 Å². The fourth-order valence-corrected chi connectivity index (χ4v) is 2.57. The Morgan fingerprint density at radius 3 is 1.82 bits per heavy atom. The third-order valence-corrected chi connectivity index (χ3v) is 4.73. The molecule has 0 aliphatic rings. The van der Waals surface area contributed by atoms with Crippen LogP contribution in [-0.2, 0) is 27.2 Å². The van der Waals surface area contributed by atoms with Crippen molar-refractivity contribution in [3.8, 4) is 0 Å².